The van der Waals surface area contributed by atoms with Gasteiger partial charge in [-0.3, -0.25) is 20.0 Å². The molecule has 1 aliphatic heterocycles. The summed E-state index contributed by atoms with van der Waals surface area (Å²) in [6.45, 7) is 0.215. The Kier molecular flexibility index (Phi) is 7.26. The molecule has 2 unspecified atom stereocenters. The van der Waals surface area contributed by atoms with E-state index in [1.54, 1.807) is 54.6 Å². The van der Waals surface area contributed by atoms with Crippen LogP contribution >= 0.6 is 0 Å². The second kappa shape index (κ2) is 10.7. The number of carbonyl (C=O) groups is 2. The summed E-state index contributed by atoms with van der Waals surface area (Å²) in [7, 11) is 0. The molecule has 2 amide bonds. The first kappa shape index (κ1) is 27.8. The number of primary amides is 2. The van der Waals surface area contributed by atoms with Crippen LogP contribution in [0.15, 0.2) is 78.5 Å². The summed E-state index contributed by atoms with van der Waals surface area (Å²) in [6, 6.07) is 20.4. The minimum Gasteiger partial charge on any atom is -0.367 e. The molecule has 0 aromatic heterocycles. The Hall–Kier alpha value is -4.72. The second-order valence-corrected chi connectivity index (χ2v) is 10.7. The highest BCUT2D eigenvalue weighted by atomic mass is 19.1. The van der Waals surface area contributed by atoms with E-state index in [4.69, 9.17) is 22.9 Å². The van der Waals surface area contributed by atoms with Crippen molar-refractivity contribution < 1.29 is 14.0 Å². The van der Waals surface area contributed by atoms with E-state index < -0.39 is 28.7 Å². The molecule has 10 heteroatoms. The molecule has 3 aromatic rings. The third kappa shape index (κ3) is 5.01. The summed E-state index contributed by atoms with van der Waals surface area (Å²) >= 11 is 0. The van der Waals surface area contributed by atoms with Gasteiger partial charge in [-0.1, -0.05) is 43.2 Å². The number of nitrogens with one attached hydrogen (secondary N) is 1. The van der Waals surface area contributed by atoms with Crippen LogP contribution in [0.4, 0.5) is 10.1 Å². The standard InChI is InChI=1S/C31H32FN7O2/c32-26-11-10-23(30(37,13-12-19-4-5-19)22-8-6-20(17-33)7-9-22)15-25(26)31(29(36)41)16-27(28(35)40)38-39(31)24-3-1-2-21(14-24)18-34/h1-3,6-11,14-16,19,38H,4-5,12-13,18,34,37H2,(H2,35,40)(H2,36,41). The van der Waals surface area contributed by atoms with Crippen LogP contribution < -0.4 is 33.4 Å². The average Bonchev–Trinajstić information content (AvgIpc) is 3.72. The number of nitriles is 1. The van der Waals surface area contributed by atoms with E-state index in [9.17, 15) is 14.9 Å². The van der Waals surface area contributed by atoms with Gasteiger partial charge in [0, 0.05) is 12.1 Å². The lowest BCUT2D eigenvalue weighted by molar-refractivity contribution is -0.122. The van der Waals surface area contributed by atoms with Gasteiger partial charge < -0.3 is 22.9 Å². The van der Waals surface area contributed by atoms with Gasteiger partial charge in [0.15, 0.2) is 5.54 Å². The van der Waals surface area contributed by atoms with Crippen LogP contribution in [0.25, 0.3) is 0 Å². The highest BCUT2D eigenvalue weighted by Gasteiger charge is 2.51. The summed E-state index contributed by atoms with van der Waals surface area (Å²) in [5.74, 6) is -1.94. The predicted molar refractivity (Wildman–Crippen MR) is 153 cm³/mol. The molecule has 0 radical (unpaired) electrons. The number of carbonyl (C=O) groups excluding carboxylic acids is 2. The highest BCUT2D eigenvalue weighted by molar-refractivity contribution is 6.00. The minimum atomic E-state index is -1.97. The van der Waals surface area contributed by atoms with Gasteiger partial charge in [-0.15, -0.1) is 0 Å². The Balaban J connectivity index is 1.70. The molecule has 41 heavy (non-hydrogen) atoms. The van der Waals surface area contributed by atoms with Crippen molar-refractivity contribution in [1.82, 2.24) is 5.43 Å². The van der Waals surface area contributed by atoms with Crippen molar-refractivity contribution in [2.45, 2.75) is 43.3 Å². The second-order valence-electron chi connectivity index (χ2n) is 10.7. The summed E-state index contributed by atoms with van der Waals surface area (Å²) in [4.78, 5) is 25.7. The van der Waals surface area contributed by atoms with E-state index in [2.05, 4.69) is 11.5 Å². The normalized spacial score (nSPS) is 19.6. The molecule has 1 fully saturated rings. The lowest BCUT2D eigenvalue weighted by Gasteiger charge is -2.38. The number of rotatable bonds is 10. The van der Waals surface area contributed by atoms with Crippen LogP contribution in [0.5, 0.6) is 0 Å². The van der Waals surface area contributed by atoms with Crippen molar-refractivity contribution in [2.24, 2.45) is 28.9 Å². The molecule has 9 nitrogen and oxygen atoms in total. The third-order valence-electron chi connectivity index (χ3n) is 8.05. The number of nitrogens with zero attached hydrogens (tertiary/aromatic N) is 2. The molecule has 2 atom stereocenters. The monoisotopic (exact) mass is 553 g/mol. The molecule has 3 aromatic carbocycles. The van der Waals surface area contributed by atoms with Gasteiger partial charge in [0.1, 0.15) is 11.5 Å². The van der Waals surface area contributed by atoms with Crippen LogP contribution in [0.3, 0.4) is 0 Å². The number of benzene rings is 3. The quantitative estimate of drug-likeness (QED) is 0.256. The molecule has 9 N–H and O–H groups in total. The highest BCUT2D eigenvalue weighted by Crippen LogP contribution is 2.43. The van der Waals surface area contributed by atoms with E-state index in [1.807, 2.05) is 0 Å². The fourth-order valence-corrected chi connectivity index (χ4v) is 5.47. The van der Waals surface area contributed by atoms with Gasteiger partial charge >= 0.3 is 0 Å². The van der Waals surface area contributed by atoms with Crippen molar-refractivity contribution in [2.75, 3.05) is 5.01 Å². The maximum absolute atomic E-state index is 15.9. The summed E-state index contributed by atoms with van der Waals surface area (Å²) in [6.07, 6.45) is 4.92. The molecule has 210 valence electrons. The Morgan fingerprint density at radius 3 is 2.39 bits per heavy atom. The molecule has 5 rings (SSSR count). The zero-order valence-corrected chi connectivity index (χ0v) is 22.4. The number of hydrogen-bond acceptors (Lipinski definition) is 7. The number of amides is 2. The van der Waals surface area contributed by atoms with Crippen LogP contribution in [0, 0.1) is 23.1 Å². The fourth-order valence-electron chi connectivity index (χ4n) is 5.47. The average molecular weight is 554 g/mol. The summed E-state index contributed by atoms with van der Waals surface area (Å²) < 4.78 is 15.9. The topological polar surface area (TPSA) is 177 Å². The zero-order chi connectivity index (χ0) is 29.4. The Morgan fingerprint density at radius 1 is 1.07 bits per heavy atom. The van der Waals surface area contributed by atoms with Crippen molar-refractivity contribution in [3.8, 4) is 6.07 Å². The molecule has 0 bridgehead atoms. The molecule has 1 heterocycles. The summed E-state index contributed by atoms with van der Waals surface area (Å²) in [5, 5.41) is 10.6. The first-order chi connectivity index (χ1) is 19.6. The predicted octanol–water partition coefficient (Wildman–Crippen LogP) is 2.62. The third-order valence-corrected chi connectivity index (χ3v) is 8.05. The van der Waals surface area contributed by atoms with E-state index in [-0.39, 0.29) is 17.8 Å². The van der Waals surface area contributed by atoms with E-state index in [0.717, 1.165) is 30.4 Å². The van der Waals surface area contributed by atoms with Crippen molar-refractivity contribution in [3.63, 3.8) is 0 Å². The Bertz CT molecular complexity index is 1580. The van der Waals surface area contributed by atoms with Gasteiger partial charge in [-0.05, 0) is 77.9 Å². The largest absolute Gasteiger partial charge is 0.367 e. The van der Waals surface area contributed by atoms with Crippen LogP contribution in [0.2, 0.25) is 0 Å². The van der Waals surface area contributed by atoms with Crippen LogP contribution in [-0.2, 0) is 27.2 Å². The lowest BCUT2D eigenvalue weighted by Crippen LogP contribution is -2.56. The molecule has 0 spiro atoms. The number of hydrazine groups is 1. The SMILES string of the molecule is N#Cc1ccc(C(N)(CCC2CC2)c2ccc(F)c(C3(C(N)=O)C=C(C(N)=O)NN3c3cccc(CN)c3)c2)cc1. The maximum Gasteiger partial charge on any atom is 0.266 e. The smallest absolute Gasteiger partial charge is 0.266 e. The van der Waals surface area contributed by atoms with Crippen molar-refractivity contribution in [1.29, 1.82) is 5.26 Å². The Morgan fingerprint density at radius 2 is 1.78 bits per heavy atom. The number of anilines is 1. The number of hydrogen-bond donors (Lipinski definition) is 5. The zero-order valence-electron chi connectivity index (χ0n) is 22.4. The van der Waals surface area contributed by atoms with Gasteiger partial charge in [0.05, 0.1) is 22.9 Å². The van der Waals surface area contributed by atoms with Gasteiger partial charge in [-0.2, -0.15) is 5.26 Å². The molecule has 1 saturated carbocycles. The molecular weight excluding hydrogens is 521 g/mol. The van der Waals surface area contributed by atoms with Gasteiger partial charge in [0.2, 0.25) is 0 Å². The molecular formula is C31H32FN7O2. The molecule has 1 aliphatic carbocycles. The summed E-state index contributed by atoms with van der Waals surface area (Å²) in [5.41, 5.74) is 27.2. The van der Waals surface area contributed by atoms with Crippen LogP contribution in [-0.4, -0.2) is 11.8 Å². The molecule has 0 saturated heterocycles. The van der Waals surface area contributed by atoms with E-state index in [1.165, 1.54) is 23.2 Å². The number of nitrogens with two attached hydrogens (primary N) is 4. The number of halogens is 1. The lowest BCUT2D eigenvalue weighted by atomic mass is 9.77. The van der Waals surface area contributed by atoms with Gasteiger partial charge in [-0.25, -0.2) is 4.39 Å². The Labute approximate surface area is 237 Å². The van der Waals surface area contributed by atoms with E-state index >= 15 is 4.39 Å². The first-order valence-electron chi connectivity index (χ1n) is 13.4. The molecule has 2 aliphatic rings. The fraction of sp³-hybridized carbons (Fsp3) is 0.258. The van der Waals surface area contributed by atoms with Crippen molar-refractivity contribution in [3.05, 3.63) is 112 Å². The van der Waals surface area contributed by atoms with Crippen molar-refractivity contribution >= 4 is 17.5 Å². The first-order valence-corrected chi connectivity index (χ1v) is 13.4. The van der Waals surface area contributed by atoms with Gasteiger partial charge in [0.25, 0.3) is 11.8 Å². The van der Waals surface area contributed by atoms with E-state index in [0.29, 0.717) is 29.2 Å². The van der Waals surface area contributed by atoms with Crippen LogP contribution in [0.1, 0.15) is 53.5 Å². The minimum absolute atomic E-state index is 0.0979. The maximum atomic E-state index is 15.9.